The van der Waals surface area contributed by atoms with Gasteiger partial charge in [0.15, 0.2) is 0 Å². The van der Waals surface area contributed by atoms with Crippen LogP contribution >= 0.6 is 0 Å². The van der Waals surface area contributed by atoms with Crippen molar-refractivity contribution >= 4 is 5.78 Å². The lowest BCUT2D eigenvalue weighted by molar-refractivity contribution is -0.232. The highest BCUT2D eigenvalue weighted by molar-refractivity contribution is 5.85. The Hall–Kier alpha value is -0.670. The second-order valence-corrected chi connectivity index (χ2v) is 14.3. The molecule has 2 N–H and O–H groups in total. The number of carbonyl (C=O) groups excluding carboxylic acids is 1. The molecule has 0 aromatic heterocycles. The van der Waals surface area contributed by atoms with Gasteiger partial charge in [-0.05, 0) is 112 Å². The summed E-state index contributed by atoms with van der Waals surface area (Å²) in [6, 6.07) is 0. The second-order valence-electron chi connectivity index (χ2n) is 14.3. The molecule has 0 amide bonds. The van der Waals surface area contributed by atoms with Crippen molar-refractivity contribution < 1.29 is 15.0 Å². The van der Waals surface area contributed by atoms with E-state index in [1.165, 1.54) is 5.57 Å². The summed E-state index contributed by atoms with van der Waals surface area (Å²) in [6.45, 7) is 18.0. The molecule has 0 heterocycles. The molecular weight excluding hydrogens is 408 g/mol. The minimum Gasteiger partial charge on any atom is -0.393 e. The highest BCUT2D eigenvalue weighted by Crippen LogP contribution is 2.75. The third kappa shape index (κ3) is 3.53. The number of hydrogen-bond donors (Lipinski definition) is 2. The van der Waals surface area contributed by atoms with Crippen LogP contribution in [0.4, 0.5) is 0 Å². The summed E-state index contributed by atoms with van der Waals surface area (Å²) >= 11 is 0. The Labute approximate surface area is 202 Å². The van der Waals surface area contributed by atoms with Crippen LogP contribution in [0.15, 0.2) is 11.6 Å². The van der Waals surface area contributed by atoms with Crippen LogP contribution in [0, 0.1) is 45.3 Å². The number of Topliss-reactive ketones (excluding diaryl/α,β-unsaturated/α-hetero) is 1. The van der Waals surface area contributed by atoms with Gasteiger partial charge in [-0.2, -0.15) is 0 Å². The number of aliphatic hydroxyl groups is 2. The van der Waals surface area contributed by atoms with E-state index >= 15 is 0 Å². The van der Waals surface area contributed by atoms with Crippen molar-refractivity contribution in [2.75, 3.05) is 0 Å². The van der Waals surface area contributed by atoms with Gasteiger partial charge in [0.2, 0.25) is 0 Å². The Morgan fingerprint density at radius 2 is 1.67 bits per heavy atom. The molecule has 0 aromatic carbocycles. The lowest BCUT2D eigenvalue weighted by Gasteiger charge is -2.69. The van der Waals surface area contributed by atoms with E-state index in [2.05, 4.69) is 54.5 Å². The van der Waals surface area contributed by atoms with Crippen LogP contribution in [0.3, 0.4) is 0 Å². The molecule has 0 radical (unpaired) electrons. The van der Waals surface area contributed by atoms with Crippen molar-refractivity contribution in [3.05, 3.63) is 11.6 Å². The molecule has 188 valence electrons. The quantitative estimate of drug-likeness (QED) is 0.460. The van der Waals surface area contributed by atoms with Crippen LogP contribution < -0.4 is 0 Å². The summed E-state index contributed by atoms with van der Waals surface area (Å²) in [7, 11) is 0. The van der Waals surface area contributed by atoms with Gasteiger partial charge in [0.25, 0.3) is 0 Å². The van der Waals surface area contributed by atoms with Crippen molar-refractivity contribution in [3.8, 4) is 0 Å². The molecule has 4 saturated carbocycles. The van der Waals surface area contributed by atoms with Crippen molar-refractivity contribution in [1.82, 2.24) is 0 Å². The highest BCUT2D eigenvalue weighted by Gasteiger charge is 2.71. The smallest absolute Gasteiger partial charge is 0.138 e. The molecule has 4 rings (SSSR count). The van der Waals surface area contributed by atoms with Crippen LogP contribution in [0.5, 0.6) is 0 Å². The minimum atomic E-state index is -0.751. The fourth-order valence-electron chi connectivity index (χ4n) is 10.1. The van der Waals surface area contributed by atoms with Gasteiger partial charge in [0, 0.05) is 11.8 Å². The number of fused-ring (bicyclic) bond motifs is 5. The molecule has 0 aliphatic heterocycles. The van der Waals surface area contributed by atoms with E-state index in [0.29, 0.717) is 24.0 Å². The summed E-state index contributed by atoms with van der Waals surface area (Å²) in [5.74, 6) is 1.57. The van der Waals surface area contributed by atoms with E-state index in [4.69, 9.17) is 0 Å². The van der Waals surface area contributed by atoms with E-state index in [1.54, 1.807) is 0 Å². The first-order chi connectivity index (χ1) is 15.1. The zero-order valence-corrected chi connectivity index (χ0v) is 22.6. The Morgan fingerprint density at radius 1 is 1.03 bits per heavy atom. The van der Waals surface area contributed by atoms with Crippen LogP contribution in [-0.2, 0) is 4.79 Å². The van der Waals surface area contributed by atoms with E-state index < -0.39 is 5.60 Å². The molecule has 33 heavy (non-hydrogen) atoms. The summed E-state index contributed by atoms with van der Waals surface area (Å²) in [5, 5.41) is 23.4. The fourth-order valence-corrected chi connectivity index (χ4v) is 10.1. The Kier molecular flexibility index (Phi) is 6.10. The molecule has 9 atom stereocenters. The minimum absolute atomic E-state index is 0.0279. The Morgan fingerprint density at radius 3 is 2.30 bits per heavy atom. The molecule has 0 aromatic rings. The summed E-state index contributed by atoms with van der Waals surface area (Å²) in [5.41, 5.74) is 0.560. The maximum atomic E-state index is 12.9. The molecule has 4 aliphatic rings. The maximum Gasteiger partial charge on any atom is 0.138 e. The van der Waals surface area contributed by atoms with Crippen LogP contribution in [0.25, 0.3) is 0 Å². The average molecular weight is 459 g/mol. The molecule has 3 nitrogen and oxygen atoms in total. The normalized spacial score (nSPS) is 48.3. The molecule has 4 fully saturated rings. The molecule has 0 saturated heterocycles. The standard InChI is InChI=1S/C30H50O3/c1-19(2)10-9-14-30(8,33)20-11-16-29(7)25(20)21(31)18-23-27(5)15-13-24(32)26(3,4)22(27)12-17-28(23,29)6/h10,20-23,25,31,33H,9,11-18H2,1-8H3/t20-,21+,22-,23-,25-,27+,28-,29+,30-/m0/s1. The first-order valence-corrected chi connectivity index (χ1v) is 13.7. The van der Waals surface area contributed by atoms with Gasteiger partial charge in [-0.3, -0.25) is 4.79 Å². The van der Waals surface area contributed by atoms with Crippen molar-refractivity contribution in [3.63, 3.8) is 0 Å². The first-order valence-electron chi connectivity index (χ1n) is 13.7. The largest absolute Gasteiger partial charge is 0.393 e. The van der Waals surface area contributed by atoms with Gasteiger partial charge in [0.05, 0.1) is 11.7 Å². The lowest BCUT2D eigenvalue weighted by atomic mass is 9.35. The predicted molar refractivity (Wildman–Crippen MR) is 135 cm³/mol. The van der Waals surface area contributed by atoms with Crippen LogP contribution in [0.2, 0.25) is 0 Å². The first kappa shape index (κ1) is 25.4. The topological polar surface area (TPSA) is 57.5 Å². The van der Waals surface area contributed by atoms with Crippen molar-refractivity contribution in [2.45, 2.75) is 125 Å². The van der Waals surface area contributed by atoms with Crippen LogP contribution in [-0.4, -0.2) is 27.7 Å². The molecule has 0 spiro atoms. The lowest BCUT2D eigenvalue weighted by Crippen LogP contribution is -2.66. The molecule has 4 aliphatic carbocycles. The zero-order chi connectivity index (χ0) is 24.6. The Balaban J connectivity index is 1.67. The van der Waals surface area contributed by atoms with Gasteiger partial charge in [0.1, 0.15) is 5.78 Å². The van der Waals surface area contributed by atoms with Gasteiger partial charge in [-0.15, -0.1) is 0 Å². The van der Waals surface area contributed by atoms with E-state index in [0.717, 1.165) is 51.4 Å². The number of hydrogen-bond acceptors (Lipinski definition) is 3. The summed E-state index contributed by atoms with van der Waals surface area (Å²) in [6.07, 6.45) is 10.4. The third-order valence-corrected chi connectivity index (χ3v) is 12.1. The SMILES string of the molecule is CC(C)=CCC[C@](C)(O)[C@H]1CC[C@]2(C)[C@@H]1[C@H](O)C[C@H]1[C@]3(C)CCC(=O)C(C)(C)[C@@H]3CC[C@@]12C. The number of allylic oxidation sites excluding steroid dienone is 2. The van der Waals surface area contributed by atoms with Crippen LogP contribution in [0.1, 0.15) is 113 Å². The Bertz CT molecular complexity index is 820. The molecule has 0 unspecified atom stereocenters. The fraction of sp³-hybridized carbons (Fsp3) is 0.900. The van der Waals surface area contributed by atoms with E-state index in [-0.39, 0.29) is 39.6 Å². The van der Waals surface area contributed by atoms with Gasteiger partial charge >= 0.3 is 0 Å². The van der Waals surface area contributed by atoms with Gasteiger partial charge in [-0.25, -0.2) is 0 Å². The number of ketones is 1. The predicted octanol–water partition coefficient (Wildman–Crippen LogP) is 6.71. The zero-order valence-electron chi connectivity index (χ0n) is 22.6. The van der Waals surface area contributed by atoms with Crippen molar-refractivity contribution in [2.24, 2.45) is 45.3 Å². The number of carbonyl (C=O) groups is 1. The number of aliphatic hydroxyl groups excluding tert-OH is 1. The number of rotatable bonds is 4. The monoisotopic (exact) mass is 458 g/mol. The van der Waals surface area contributed by atoms with E-state index in [1.807, 2.05) is 6.92 Å². The summed E-state index contributed by atoms with van der Waals surface area (Å²) in [4.78, 5) is 12.9. The van der Waals surface area contributed by atoms with Gasteiger partial charge < -0.3 is 10.2 Å². The van der Waals surface area contributed by atoms with E-state index in [9.17, 15) is 15.0 Å². The van der Waals surface area contributed by atoms with Crippen molar-refractivity contribution in [1.29, 1.82) is 0 Å². The van der Waals surface area contributed by atoms with Gasteiger partial charge in [-0.1, -0.05) is 46.3 Å². The summed E-state index contributed by atoms with van der Waals surface area (Å²) < 4.78 is 0. The average Bonchev–Trinajstić information content (AvgIpc) is 3.08. The second kappa shape index (κ2) is 7.92. The molecular formula is C30H50O3. The maximum absolute atomic E-state index is 12.9. The third-order valence-electron chi connectivity index (χ3n) is 12.1. The molecule has 3 heteroatoms. The highest BCUT2D eigenvalue weighted by atomic mass is 16.3. The molecule has 0 bridgehead atoms.